The van der Waals surface area contributed by atoms with Gasteiger partial charge in [0.25, 0.3) is 5.91 Å². The first-order valence-corrected chi connectivity index (χ1v) is 8.19. The minimum absolute atomic E-state index is 0.0844. The van der Waals surface area contributed by atoms with Gasteiger partial charge in [0.2, 0.25) is 0 Å². The van der Waals surface area contributed by atoms with Gasteiger partial charge < -0.3 is 5.32 Å². The summed E-state index contributed by atoms with van der Waals surface area (Å²) in [5.74, 6) is -0.0844. The quantitative estimate of drug-likeness (QED) is 0.740. The molecular weight excluding hydrogens is 366 g/mol. The van der Waals surface area contributed by atoms with Gasteiger partial charge in [-0.2, -0.15) is 0 Å². The second kappa shape index (κ2) is 6.80. The zero-order valence-corrected chi connectivity index (χ0v) is 13.8. The number of amides is 1. The van der Waals surface area contributed by atoms with Crippen LogP contribution in [0.25, 0.3) is 5.69 Å². The van der Waals surface area contributed by atoms with Crippen molar-refractivity contribution in [2.24, 2.45) is 0 Å². The number of tetrazole rings is 1. The van der Waals surface area contributed by atoms with Crippen LogP contribution in [0, 0.1) is 0 Å². The van der Waals surface area contributed by atoms with E-state index in [0.717, 1.165) is 15.9 Å². The van der Waals surface area contributed by atoms with Crippen molar-refractivity contribution in [2.45, 2.75) is 6.42 Å². The van der Waals surface area contributed by atoms with Crippen LogP contribution in [0.2, 0.25) is 0 Å². The lowest BCUT2D eigenvalue weighted by molar-refractivity contribution is 0.0954. The van der Waals surface area contributed by atoms with Crippen molar-refractivity contribution >= 4 is 33.2 Å². The normalized spacial score (nSPS) is 10.6. The number of carbonyl (C=O) groups is 1. The molecule has 0 saturated carbocycles. The molecule has 0 saturated heterocycles. The molecule has 6 nitrogen and oxygen atoms in total. The number of hydrogen-bond donors (Lipinski definition) is 1. The first-order valence-electron chi connectivity index (χ1n) is 6.58. The summed E-state index contributed by atoms with van der Waals surface area (Å²) in [4.78, 5) is 13.3. The molecule has 0 unspecified atom stereocenters. The van der Waals surface area contributed by atoms with Gasteiger partial charge in [0.05, 0.1) is 9.47 Å². The molecule has 0 radical (unpaired) electrons. The van der Waals surface area contributed by atoms with E-state index in [0.29, 0.717) is 12.1 Å². The molecule has 0 atom stereocenters. The molecule has 0 aliphatic rings. The molecule has 112 valence electrons. The van der Waals surface area contributed by atoms with Crippen LogP contribution in [0.3, 0.4) is 0 Å². The Balaban J connectivity index is 1.56. The summed E-state index contributed by atoms with van der Waals surface area (Å²) in [5.41, 5.74) is 1.43. The van der Waals surface area contributed by atoms with E-state index in [4.69, 9.17) is 0 Å². The van der Waals surface area contributed by atoms with Crippen molar-refractivity contribution in [3.63, 3.8) is 0 Å². The molecule has 1 aromatic carbocycles. The van der Waals surface area contributed by atoms with Gasteiger partial charge in [-0.15, -0.1) is 16.4 Å². The standard InChI is InChI=1S/C14H12BrN5OS/c15-13-6-5-12(22-13)7-8-16-14(21)10-1-3-11(4-2-10)20-9-17-18-19-20/h1-6,9H,7-8H2,(H,16,21). The van der Waals surface area contributed by atoms with Crippen LogP contribution < -0.4 is 5.32 Å². The van der Waals surface area contributed by atoms with Crippen LogP contribution >= 0.6 is 27.3 Å². The summed E-state index contributed by atoms with van der Waals surface area (Å²) in [6.07, 6.45) is 2.33. The third-order valence-electron chi connectivity index (χ3n) is 3.03. The summed E-state index contributed by atoms with van der Waals surface area (Å²) in [7, 11) is 0. The Morgan fingerprint density at radius 3 is 2.68 bits per heavy atom. The van der Waals surface area contributed by atoms with Gasteiger partial charge in [0.15, 0.2) is 0 Å². The number of rotatable bonds is 5. The summed E-state index contributed by atoms with van der Waals surface area (Å²) >= 11 is 5.11. The Morgan fingerprint density at radius 2 is 2.05 bits per heavy atom. The van der Waals surface area contributed by atoms with E-state index < -0.39 is 0 Å². The first kappa shape index (κ1) is 14.9. The lowest BCUT2D eigenvalue weighted by Crippen LogP contribution is -2.25. The minimum atomic E-state index is -0.0844. The summed E-state index contributed by atoms with van der Waals surface area (Å²) in [6.45, 7) is 0.612. The summed E-state index contributed by atoms with van der Waals surface area (Å²) < 4.78 is 2.64. The van der Waals surface area contributed by atoms with Gasteiger partial charge in [0, 0.05) is 17.0 Å². The average molecular weight is 378 g/mol. The second-order valence-electron chi connectivity index (χ2n) is 4.51. The topological polar surface area (TPSA) is 72.7 Å². The Hall–Kier alpha value is -2.06. The average Bonchev–Trinajstić information content (AvgIpc) is 3.19. The maximum atomic E-state index is 12.1. The van der Waals surface area contributed by atoms with Crippen LogP contribution in [0.4, 0.5) is 0 Å². The zero-order valence-electron chi connectivity index (χ0n) is 11.4. The first-order chi connectivity index (χ1) is 10.7. The number of nitrogens with zero attached hydrogens (tertiary/aromatic N) is 4. The van der Waals surface area contributed by atoms with Gasteiger partial charge in [0.1, 0.15) is 6.33 Å². The second-order valence-corrected chi connectivity index (χ2v) is 7.06. The van der Waals surface area contributed by atoms with Crippen LogP contribution in [-0.4, -0.2) is 32.7 Å². The number of carbonyl (C=O) groups excluding carboxylic acids is 1. The minimum Gasteiger partial charge on any atom is -0.352 e. The number of aromatic nitrogens is 4. The Kier molecular flexibility index (Phi) is 4.59. The predicted octanol–water partition coefficient (Wildman–Crippen LogP) is 2.46. The van der Waals surface area contributed by atoms with Crippen molar-refractivity contribution in [1.82, 2.24) is 25.5 Å². The molecule has 1 N–H and O–H groups in total. The molecule has 3 aromatic rings. The number of nitrogens with one attached hydrogen (secondary N) is 1. The van der Waals surface area contributed by atoms with Crippen molar-refractivity contribution in [1.29, 1.82) is 0 Å². The largest absolute Gasteiger partial charge is 0.352 e. The SMILES string of the molecule is O=C(NCCc1ccc(Br)s1)c1ccc(-n2cnnn2)cc1. The van der Waals surface area contributed by atoms with Crippen molar-refractivity contribution < 1.29 is 4.79 Å². The molecule has 22 heavy (non-hydrogen) atoms. The molecule has 0 spiro atoms. The molecule has 8 heteroatoms. The number of benzene rings is 1. The molecule has 2 aromatic heterocycles. The third kappa shape index (κ3) is 3.58. The van der Waals surface area contributed by atoms with Gasteiger partial charge >= 0.3 is 0 Å². The van der Waals surface area contributed by atoms with Crippen LogP contribution in [0.15, 0.2) is 46.5 Å². The highest BCUT2D eigenvalue weighted by atomic mass is 79.9. The molecule has 0 bridgehead atoms. The van der Waals surface area contributed by atoms with Gasteiger partial charge in [-0.25, -0.2) is 4.68 Å². The van der Waals surface area contributed by atoms with E-state index in [1.807, 2.05) is 18.2 Å². The highest BCUT2D eigenvalue weighted by Gasteiger charge is 2.06. The third-order valence-corrected chi connectivity index (χ3v) is 4.71. The Morgan fingerprint density at radius 1 is 1.23 bits per heavy atom. The monoisotopic (exact) mass is 377 g/mol. The van der Waals surface area contributed by atoms with Crippen LogP contribution in [0.5, 0.6) is 0 Å². The molecule has 3 rings (SSSR count). The number of halogens is 1. The lowest BCUT2D eigenvalue weighted by Gasteiger charge is -2.05. The molecule has 0 fully saturated rings. The van der Waals surface area contributed by atoms with Crippen LogP contribution in [0.1, 0.15) is 15.2 Å². The maximum Gasteiger partial charge on any atom is 0.251 e. The fraction of sp³-hybridized carbons (Fsp3) is 0.143. The predicted molar refractivity (Wildman–Crippen MR) is 87.2 cm³/mol. The maximum absolute atomic E-state index is 12.1. The molecule has 2 heterocycles. The van der Waals surface area contributed by atoms with Gasteiger partial charge in [-0.05, 0) is 69.2 Å². The number of hydrogen-bond acceptors (Lipinski definition) is 5. The van der Waals surface area contributed by atoms with E-state index in [1.165, 1.54) is 15.9 Å². The van der Waals surface area contributed by atoms with Crippen LogP contribution in [-0.2, 0) is 6.42 Å². The van der Waals surface area contributed by atoms with E-state index in [-0.39, 0.29) is 5.91 Å². The van der Waals surface area contributed by atoms with Crippen molar-refractivity contribution in [3.8, 4) is 5.69 Å². The smallest absolute Gasteiger partial charge is 0.251 e. The zero-order chi connectivity index (χ0) is 15.4. The summed E-state index contributed by atoms with van der Waals surface area (Å²) in [6, 6.07) is 11.2. The van der Waals surface area contributed by atoms with Crippen molar-refractivity contribution in [2.75, 3.05) is 6.54 Å². The van der Waals surface area contributed by atoms with E-state index in [9.17, 15) is 4.79 Å². The Labute approximate surface area is 139 Å². The Bertz CT molecular complexity index is 754. The fourth-order valence-electron chi connectivity index (χ4n) is 1.93. The van der Waals surface area contributed by atoms with Gasteiger partial charge in [-0.3, -0.25) is 4.79 Å². The highest BCUT2D eigenvalue weighted by molar-refractivity contribution is 9.11. The van der Waals surface area contributed by atoms with E-state index in [2.05, 4.69) is 42.8 Å². The molecular formula is C14H12BrN5OS. The van der Waals surface area contributed by atoms with Gasteiger partial charge in [-0.1, -0.05) is 0 Å². The van der Waals surface area contributed by atoms with E-state index >= 15 is 0 Å². The lowest BCUT2D eigenvalue weighted by atomic mass is 10.2. The highest BCUT2D eigenvalue weighted by Crippen LogP contribution is 2.22. The molecule has 0 aliphatic heterocycles. The summed E-state index contributed by atoms with van der Waals surface area (Å²) in [5, 5.41) is 13.9. The van der Waals surface area contributed by atoms with E-state index in [1.54, 1.807) is 23.5 Å². The fourth-order valence-corrected chi connectivity index (χ4v) is 3.42. The molecule has 1 amide bonds. The van der Waals surface area contributed by atoms with Crippen molar-refractivity contribution in [3.05, 3.63) is 57.0 Å². The molecule has 0 aliphatic carbocycles. The number of thiophene rings is 1.